The van der Waals surface area contributed by atoms with E-state index in [0.717, 1.165) is 11.3 Å². The van der Waals surface area contributed by atoms with Gasteiger partial charge in [0, 0.05) is 35.6 Å². The third-order valence-electron chi connectivity index (χ3n) is 4.09. The summed E-state index contributed by atoms with van der Waals surface area (Å²) in [5.74, 6) is -0.206. The number of hydrogen-bond acceptors (Lipinski definition) is 2. The quantitative estimate of drug-likeness (QED) is 0.621. The van der Waals surface area contributed by atoms with Crippen LogP contribution in [0.1, 0.15) is 15.9 Å². The van der Waals surface area contributed by atoms with Crippen LogP contribution < -0.4 is 10.6 Å². The Balaban J connectivity index is 1.57. The molecule has 3 aromatic carbocycles. The molecule has 3 aromatic rings. The lowest BCUT2D eigenvalue weighted by Gasteiger charge is -2.18. The van der Waals surface area contributed by atoms with Crippen molar-refractivity contribution >= 4 is 34.9 Å². The zero-order valence-electron chi connectivity index (χ0n) is 15.4. The van der Waals surface area contributed by atoms with Crippen molar-refractivity contribution in [3.8, 4) is 0 Å². The van der Waals surface area contributed by atoms with Crippen LogP contribution in [-0.2, 0) is 6.54 Å². The van der Waals surface area contributed by atoms with Crippen LogP contribution in [0.5, 0.6) is 0 Å². The molecule has 0 atom stereocenters. The molecule has 0 heterocycles. The molecule has 142 valence electrons. The summed E-state index contributed by atoms with van der Waals surface area (Å²) in [5.41, 5.74) is 2.79. The first-order valence-electron chi connectivity index (χ1n) is 8.74. The maximum atomic E-state index is 12.4. The number of hydrogen-bond donors (Lipinski definition) is 2. The van der Waals surface area contributed by atoms with Crippen molar-refractivity contribution in [3.05, 3.63) is 95.0 Å². The molecule has 0 aliphatic carbocycles. The fourth-order valence-corrected chi connectivity index (χ4v) is 2.84. The third kappa shape index (κ3) is 5.34. The number of rotatable bonds is 5. The molecule has 0 aliphatic heterocycles. The Morgan fingerprint density at radius 2 is 1.54 bits per heavy atom. The van der Waals surface area contributed by atoms with Crippen LogP contribution in [0.3, 0.4) is 0 Å². The van der Waals surface area contributed by atoms with E-state index in [9.17, 15) is 9.59 Å². The summed E-state index contributed by atoms with van der Waals surface area (Å²) in [5, 5.41) is 6.27. The minimum absolute atomic E-state index is 0.206. The monoisotopic (exact) mass is 393 g/mol. The molecule has 5 nitrogen and oxygen atoms in total. The summed E-state index contributed by atoms with van der Waals surface area (Å²) < 4.78 is 0. The van der Waals surface area contributed by atoms with Crippen molar-refractivity contribution in [2.24, 2.45) is 0 Å². The van der Waals surface area contributed by atoms with Gasteiger partial charge >= 0.3 is 6.03 Å². The summed E-state index contributed by atoms with van der Waals surface area (Å²) in [6.45, 7) is 0.434. The number of carbonyl (C=O) groups excluding carboxylic acids is 2. The van der Waals surface area contributed by atoms with E-state index in [-0.39, 0.29) is 11.9 Å². The molecule has 0 unspecified atom stereocenters. The van der Waals surface area contributed by atoms with E-state index in [1.807, 2.05) is 48.5 Å². The molecule has 0 bridgehead atoms. The summed E-state index contributed by atoms with van der Waals surface area (Å²) in [6, 6.07) is 23.1. The molecule has 0 spiro atoms. The summed E-state index contributed by atoms with van der Waals surface area (Å²) in [6.07, 6.45) is 0. The first kappa shape index (κ1) is 19.5. The largest absolute Gasteiger partial charge is 0.323 e. The van der Waals surface area contributed by atoms with E-state index in [4.69, 9.17) is 11.6 Å². The van der Waals surface area contributed by atoms with Gasteiger partial charge in [-0.15, -0.1) is 0 Å². The highest BCUT2D eigenvalue weighted by molar-refractivity contribution is 6.30. The van der Waals surface area contributed by atoms with Crippen LogP contribution in [0, 0.1) is 0 Å². The standard InChI is InChI=1S/C22H20ClN3O2/c1-26(15-16-6-5-7-18(23)14-16)22(28)25-20-12-10-17(11-13-20)21(27)24-19-8-3-2-4-9-19/h2-14H,15H2,1H3,(H,24,27)(H,25,28). The highest BCUT2D eigenvalue weighted by atomic mass is 35.5. The predicted octanol–water partition coefficient (Wildman–Crippen LogP) is 5.26. The molecule has 0 fully saturated rings. The second-order valence-corrected chi connectivity index (χ2v) is 6.75. The molecule has 0 saturated carbocycles. The average molecular weight is 394 g/mol. The summed E-state index contributed by atoms with van der Waals surface area (Å²) in [4.78, 5) is 26.2. The number of nitrogens with zero attached hydrogens (tertiary/aromatic N) is 1. The fraction of sp³-hybridized carbons (Fsp3) is 0.0909. The topological polar surface area (TPSA) is 61.4 Å². The third-order valence-corrected chi connectivity index (χ3v) is 4.32. The van der Waals surface area contributed by atoms with Gasteiger partial charge in [-0.25, -0.2) is 4.79 Å². The normalized spacial score (nSPS) is 10.2. The molecule has 6 heteroatoms. The first-order valence-corrected chi connectivity index (χ1v) is 9.12. The van der Waals surface area contributed by atoms with Gasteiger partial charge in [0.05, 0.1) is 0 Å². The Hall–Kier alpha value is -3.31. The smallest absolute Gasteiger partial charge is 0.321 e. The van der Waals surface area contributed by atoms with E-state index in [0.29, 0.717) is 22.8 Å². The van der Waals surface area contributed by atoms with Crippen LogP contribution in [0.4, 0.5) is 16.2 Å². The van der Waals surface area contributed by atoms with Crippen molar-refractivity contribution in [2.45, 2.75) is 6.54 Å². The number of anilines is 2. The molecule has 3 rings (SSSR count). The molecule has 3 amide bonds. The van der Waals surface area contributed by atoms with E-state index < -0.39 is 0 Å². The van der Waals surface area contributed by atoms with Crippen molar-refractivity contribution in [1.29, 1.82) is 0 Å². The van der Waals surface area contributed by atoms with Crippen LogP contribution in [0.15, 0.2) is 78.9 Å². The van der Waals surface area contributed by atoms with Crippen LogP contribution >= 0.6 is 11.6 Å². The maximum absolute atomic E-state index is 12.4. The van der Waals surface area contributed by atoms with Crippen molar-refractivity contribution in [1.82, 2.24) is 4.90 Å². The lowest BCUT2D eigenvalue weighted by molar-refractivity contribution is 0.102. The van der Waals surface area contributed by atoms with Crippen molar-refractivity contribution in [3.63, 3.8) is 0 Å². The molecule has 0 radical (unpaired) electrons. The lowest BCUT2D eigenvalue weighted by atomic mass is 10.2. The number of carbonyl (C=O) groups is 2. The van der Waals surface area contributed by atoms with E-state index in [2.05, 4.69) is 10.6 Å². The first-order chi connectivity index (χ1) is 13.5. The number of benzene rings is 3. The van der Waals surface area contributed by atoms with E-state index in [1.54, 1.807) is 42.3 Å². The molecule has 28 heavy (non-hydrogen) atoms. The SMILES string of the molecule is CN(Cc1cccc(Cl)c1)C(=O)Nc1ccc(C(=O)Nc2ccccc2)cc1. The lowest BCUT2D eigenvalue weighted by Crippen LogP contribution is -2.30. The van der Waals surface area contributed by atoms with E-state index >= 15 is 0 Å². The second kappa shape index (κ2) is 9.06. The summed E-state index contributed by atoms with van der Waals surface area (Å²) >= 11 is 5.98. The van der Waals surface area contributed by atoms with Gasteiger partial charge in [-0.05, 0) is 54.1 Å². The Morgan fingerprint density at radius 3 is 2.21 bits per heavy atom. The number of urea groups is 1. The Morgan fingerprint density at radius 1 is 0.857 bits per heavy atom. The molecular formula is C22H20ClN3O2. The van der Waals surface area contributed by atoms with Crippen LogP contribution in [0.2, 0.25) is 5.02 Å². The van der Waals surface area contributed by atoms with Gasteiger partial charge in [-0.3, -0.25) is 4.79 Å². The zero-order valence-corrected chi connectivity index (χ0v) is 16.1. The maximum Gasteiger partial charge on any atom is 0.321 e. The highest BCUT2D eigenvalue weighted by Gasteiger charge is 2.11. The van der Waals surface area contributed by atoms with Crippen molar-refractivity contribution in [2.75, 3.05) is 17.7 Å². The molecule has 2 N–H and O–H groups in total. The number of para-hydroxylation sites is 1. The molecular weight excluding hydrogens is 374 g/mol. The molecule has 0 aromatic heterocycles. The Kier molecular flexibility index (Phi) is 6.29. The van der Waals surface area contributed by atoms with Gasteiger partial charge in [-0.1, -0.05) is 41.9 Å². The number of halogens is 1. The molecule has 0 aliphatic rings. The minimum atomic E-state index is -0.249. The van der Waals surface area contributed by atoms with Gasteiger partial charge in [0.2, 0.25) is 0 Å². The van der Waals surface area contributed by atoms with Crippen LogP contribution in [-0.4, -0.2) is 23.9 Å². The Labute approximate surface area is 168 Å². The van der Waals surface area contributed by atoms with E-state index in [1.165, 1.54) is 0 Å². The highest BCUT2D eigenvalue weighted by Crippen LogP contribution is 2.15. The predicted molar refractivity (Wildman–Crippen MR) is 113 cm³/mol. The van der Waals surface area contributed by atoms with Gasteiger partial charge < -0.3 is 15.5 Å². The van der Waals surface area contributed by atoms with Gasteiger partial charge in [0.1, 0.15) is 0 Å². The minimum Gasteiger partial charge on any atom is -0.323 e. The Bertz CT molecular complexity index is 959. The fourth-order valence-electron chi connectivity index (χ4n) is 2.63. The number of nitrogens with one attached hydrogen (secondary N) is 2. The summed E-state index contributed by atoms with van der Waals surface area (Å²) in [7, 11) is 1.71. The van der Waals surface area contributed by atoms with Crippen LogP contribution in [0.25, 0.3) is 0 Å². The second-order valence-electron chi connectivity index (χ2n) is 6.31. The van der Waals surface area contributed by atoms with Gasteiger partial charge in [0.25, 0.3) is 5.91 Å². The average Bonchev–Trinajstić information content (AvgIpc) is 2.69. The van der Waals surface area contributed by atoms with Gasteiger partial charge in [-0.2, -0.15) is 0 Å². The molecule has 0 saturated heterocycles. The zero-order chi connectivity index (χ0) is 19.9. The van der Waals surface area contributed by atoms with Gasteiger partial charge in [0.15, 0.2) is 0 Å². The van der Waals surface area contributed by atoms with Crippen molar-refractivity contribution < 1.29 is 9.59 Å². The number of amides is 3.